The number of amides is 1. The SMILES string of the molecule is Cc1c(C(N)=O)c2cc(O)c(Cl)cc2n1C(C)C. The van der Waals surface area contributed by atoms with Crippen LogP contribution in [0.5, 0.6) is 5.75 Å². The van der Waals surface area contributed by atoms with Crippen molar-refractivity contribution in [2.45, 2.75) is 26.8 Å². The van der Waals surface area contributed by atoms with Crippen molar-refractivity contribution >= 4 is 28.4 Å². The van der Waals surface area contributed by atoms with Crippen molar-refractivity contribution < 1.29 is 9.90 Å². The average molecular weight is 267 g/mol. The van der Waals surface area contributed by atoms with Gasteiger partial charge in [0.15, 0.2) is 0 Å². The molecule has 1 aromatic heterocycles. The van der Waals surface area contributed by atoms with Gasteiger partial charge in [-0.1, -0.05) is 11.6 Å². The zero-order valence-electron chi connectivity index (χ0n) is 10.5. The molecule has 0 fully saturated rings. The summed E-state index contributed by atoms with van der Waals surface area (Å²) in [5.74, 6) is -0.550. The predicted octanol–water partition coefficient (Wildman–Crippen LogP) is 2.99. The van der Waals surface area contributed by atoms with Crippen LogP contribution in [-0.4, -0.2) is 15.6 Å². The highest BCUT2D eigenvalue weighted by Crippen LogP contribution is 2.35. The monoisotopic (exact) mass is 266 g/mol. The Morgan fingerprint density at radius 2 is 2.06 bits per heavy atom. The van der Waals surface area contributed by atoms with E-state index < -0.39 is 5.91 Å². The van der Waals surface area contributed by atoms with E-state index in [1.165, 1.54) is 6.07 Å². The van der Waals surface area contributed by atoms with E-state index in [-0.39, 0.29) is 16.8 Å². The van der Waals surface area contributed by atoms with Gasteiger partial charge in [0.25, 0.3) is 5.91 Å². The molecule has 4 nitrogen and oxygen atoms in total. The van der Waals surface area contributed by atoms with E-state index in [0.29, 0.717) is 10.9 Å². The number of carbonyl (C=O) groups excluding carboxylic acids is 1. The molecule has 0 atom stereocenters. The predicted molar refractivity (Wildman–Crippen MR) is 72.3 cm³/mol. The van der Waals surface area contributed by atoms with Crippen molar-refractivity contribution in [1.29, 1.82) is 0 Å². The summed E-state index contributed by atoms with van der Waals surface area (Å²) in [5, 5.41) is 10.6. The van der Waals surface area contributed by atoms with Gasteiger partial charge in [-0.3, -0.25) is 4.79 Å². The summed E-state index contributed by atoms with van der Waals surface area (Å²) < 4.78 is 1.99. The molecule has 0 bridgehead atoms. The Bertz CT molecular complexity index is 644. The van der Waals surface area contributed by atoms with E-state index in [1.54, 1.807) is 6.07 Å². The van der Waals surface area contributed by atoms with Gasteiger partial charge in [0.1, 0.15) is 5.75 Å². The lowest BCUT2D eigenvalue weighted by Crippen LogP contribution is -2.13. The van der Waals surface area contributed by atoms with Gasteiger partial charge in [-0.05, 0) is 32.9 Å². The first-order valence-corrected chi connectivity index (χ1v) is 6.05. The summed E-state index contributed by atoms with van der Waals surface area (Å²) in [7, 11) is 0. The molecule has 18 heavy (non-hydrogen) atoms. The van der Waals surface area contributed by atoms with E-state index in [1.807, 2.05) is 25.3 Å². The molecule has 96 valence electrons. The molecule has 0 saturated heterocycles. The van der Waals surface area contributed by atoms with Crippen molar-refractivity contribution in [2.75, 3.05) is 0 Å². The topological polar surface area (TPSA) is 68.2 Å². The van der Waals surface area contributed by atoms with Gasteiger partial charge >= 0.3 is 0 Å². The summed E-state index contributed by atoms with van der Waals surface area (Å²) >= 11 is 5.93. The molecule has 2 aromatic rings. The maximum Gasteiger partial charge on any atom is 0.251 e. The fraction of sp³-hybridized carbons (Fsp3) is 0.308. The summed E-state index contributed by atoms with van der Waals surface area (Å²) in [4.78, 5) is 11.6. The fourth-order valence-electron chi connectivity index (χ4n) is 2.42. The van der Waals surface area contributed by atoms with E-state index in [2.05, 4.69) is 0 Å². The molecule has 0 aliphatic heterocycles. The largest absolute Gasteiger partial charge is 0.506 e. The van der Waals surface area contributed by atoms with Crippen LogP contribution in [-0.2, 0) is 0 Å². The van der Waals surface area contributed by atoms with Crippen molar-refractivity contribution in [3.05, 3.63) is 28.4 Å². The Morgan fingerprint density at radius 3 is 2.56 bits per heavy atom. The van der Waals surface area contributed by atoms with E-state index in [9.17, 15) is 9.90 Å². The Labute approximate surface area is 110 Å². The number of fused-ring (bicyclic) bond motifs is 1. The van der Waals surface area contributed by atoms with Gasteiger partial charge < -0.3 is 15.4 Å². The third kappa shape index (κ3) is 1.73. The minimum Gasteiger partial charge on any atom is -0.506 e. The molecule has 0 radical (unpaired) electrons. The molecule has 2 rings (SSSR count). The lowest BCUT2D eigenvalue weighted by molar-refractivity contribution is 0.100. The van der Waals surface area contributed by atoms with Gasteiger partial charge in [-0.25, -0.2) is 0 Å². The molecule has 0 spiro atoms. The smallest absolute Gasteiger partial charge is 0.251 e. The Morgan fingerprint density at radius 1 is 1.44 bits per heavy atom. The molecule has 1 heterocycles. The molecule has 0 aliphatic carbocycles. The van der Waals surface area contributed by atoms with Crippen LogP contribution in [0.4, 0.5) is 0 Å². The second-order valence-corrected chi connectivity index (χ2v) is 5.02. The van der Waals surface area contributed by atoms with Crippen molar-refractivity contribution in [2.24, 2.45) is 5.73 Å². The summed E-state index contributed by atoms with van der Waals surface area (Å²) in [6.45, 7) is 5.86. The molecule has 0 aliphatic rings. The lowest BCUT2D eigenvalue weighted by Gasteiger charge is -2.12. The number of aromatic hydroxyl groups is 1. The maximum atomic E-state index is 11.6. The van der Waals surface area contributed by atoms with E-state index in [0.717, 1.165) is 11.2 Å². The molecule has 3 N–H and O–H groups in total. The Hall–Kier alpha value is -1.68. The second-order valence-electron chi connectivity index (χ2n) is 4.61. The Kier molecular flexibility index (Phi) is 2.99. The van der Waals surface area contributed by atoms with Crippen LogP contribution in [0.15, 0.2) is 12.1 Å². The fourth-order valence-corrected chi connectivity index (χ4v) is 2.58. The quantitative estimate of drug-likeness (QED) is 0.877. The standard InChI is InChI=1S/C13H15ClN2O2/c1-6(2)16-7(3)12(13(15)18)8-4-11(17)9(14)5-10(8)16/h4-6,17H,1-3H3,(H2,15,18). The van der Waals surface area contributed by atoms with E-state index in [4.69, 9.17) is 17.3 Å². The van der Waals surface area contributed by atoms with Crippen LogP contribution < -0.4 is 5.73 Å². The normalized spacial score (nSPS) is 11.4. The molecular weight excluding hydrogens is 252 g/mol. The highest BCUT2D eigenvalue weighted by molar-refractivity contribution is 6.33. The summed E-state index contributed by atoms with van der Waals surface area (Å²) in [5.41, 5.74) is 7.44. The van der Waals surface area contributed by atoms with Gasteiger partial charge in [-0.2, -0.15) is 0 Å². The Balaban J connectivity index is 2.97. The van der Waals surface area contributed by atoms with Crippen molar-refractivity contribution in [3.8, 4) is 5.75 Å². The molecular formula is C13H15ClN2O2. The average Bonchev–Trinajstić information content (AvgIpc) is 2.50. The highest BCUT2D eigenvalue weighted by Gasteiger charge is 2.20. The van der Waals surface area contributed by atoms with Crippen molar-refractivity contribution in [1.82, 2.24) is 4.57 Å². The van der Waals surface area contributed by atoms with Gasteiger partial charge in [-0.15, -0.1) is 0 Å². The number of nitrogens with two attached hydrogens (primary N) is 1. The molecule has 1 aromatic carbocycles. The van der Waals surface area contributed by atoms with Crippen molar-refractivity contribution in [3.63, 3.8) is 0 Å². The summed E-state index contributed by atoms with van der Waals surface area (Å²) in [6.07, 6.45) is 0. The third-order valence-electron chi connectivity index (χ3n) is 3.08. The first kappa shape index (κ1) is 12.8. The minimum atomic E-state index is -0.501. The zero-order chi connectivity index (χ0) is 13.6. The van der Waals surface area contributed by atoms with Crippen LogP contribution in [0, 0.1) is 6.92 Å². The number of nitrogens with zero attached hydrogens (tertiary/aromatic N) is 1. The molecule has 5 heteroatoms. The van der Waals surface area contributed by atoms with Gasteiger partial charge in [0, 0.05) is 17.1 Å². The summed E-state index contributed by atoms with van der Waals surface area (Å²) in [6, 6.07) is 3.32. The zero-order valence-corrected chi connectivity index (χ0v) is 11.2. The molecule has 1 amide bonds. The number of aromatic nitrogens is 1. The van der Waals surface area contributed by atoms with Crippen LogP contribution in [0.2, 0.25) is 5.02 Å². The number of phenols is 1. The van der Waals surface area contributed by atoms with Crippen LogP contribution in [0.25, 0.3) is 10.9 Å². The number of hydrogen-bond donors (Lipinski definition) is 2. The van der Waals surface area contributed by atoms with Crippen LogP contribution in [0.3, 0.4) is 0 Å². The first-order chi connectivity index (χ1) is 8.34. The van der Waals surface area contributed by atoms with E-state index >= 15 is 0 Å². The number of hydrogen-bond acceptors (Lipinski definition) is 2. The van der Waals surface area contributed by atoms with Gasteiger partial charge in [0.2, 0.25) is 0 Å². The number of primary amides is 1. The minimum absolute atomic E-state index is 0.0485. The molecule has 0 unspecified atom stereocenters. The number of halogens is 1. The second kappa shape index (κ2) is 4.21. The lowest BCUT2D eigenvalue weighted by atomic mass is 10.1. The first-order valence-electron chi connectivity index (χ1n) is 5.67. The number of phenolic OH excluding ortho intramolecular Hbond substituents is 1. The van der Waals surface area contributed by atoms with Crippen LogP contribution in [0.1, 0.15) is 35.9 Å². The third-order valence-corrected chi connectivity index (χ3v) is 3.38. The van der Waals surface area contributed by atoms with Gasteiger partial charge in [0.05, 0.1) is 16.1 Å². The molecule has 0 saturated carbocycles. The van der Waals surface area contributed by atoms with Crippen LogP contribution >= 0.6 is 11.6 Å². The number of benzene rings is 1. The number of carbonyl (C=O) groups is 1. The maximum absolute atomic E-state index is 11.6. The number of rotatable bonds is 2. The highest BCUT2D eigenvalue weighted by atomic mass is 35.5.